The molecule has 1 fully saturated rings. The molecule has 0 saturated carbocycles. The van der Waals surface area contributed by atoms with E-state index in [4.69, 9.17) is 18.9 Å². The molecule has 1 N–H and O–H groups in total. The largest absolute Gasteiger partial charge is 0.489 e. The van der Waals surface area contributed by atoms with Crippen LogP contribution in [0.15, 0.2) is 46.4 Å². The summed E-state index contributed by atoms with van der Waals surface area (Å²) in [7, 11) is 0. The minimum Gasteiger partial charge on any atom is -0.489 e. The zero-order valence-electron chi connectivity index (χ0n) is 23.9. The van der Waals surface area contributed by atoms with Crippen molar-refractivity contribution in [2.75, 3.05) is 19.8 Å². The molecule has 0 radical (unpaired) electrons. The molecule has 3 aliphatic heterocycles. The highest BCUT2D eigenvalue weighted by Gasteiger charge is 2.36. The second-order valence-corrected chi connectivity index (χ2v) is 12.0. The van der Waals surface area contributed by atoms with Crippen molar-refractivity contribution >= 4 is 29.0 Å². The molecule has 3 aliphatic rings. The second-order valence-electron chi connectivity index (χ2n) is 11.0. The maximum atomic E-state index is 11.9. The van der Waals surface area contributed by atoms with Gasteiger partial charge in [-0.1, -0.05) is 5.57 Å². The Morgan fingerprint density at radius 3 is 2.65 bits per heavy atom. The van der Waals surface area contributed by atoms with Crippen LogP contribution in [0.25, 0.3) is 6.08 Å². The number of benzene rings is 2. The molecular weight excluding hydrogens is 526 g/mol. The van der Waals surface area contributed by atoms with Crippen molar-refractivity contribution in [1.29, 1.82) is 0 Å². The van der Waals surface area contributed by atoms with Crippen LogP contribution in [0.5, 0.6) is 23.0 Å². The summed E-state index contributed by atoms with van der Waals surface area (Å²) in [6.45, 7) is 13.8. The second kappa shape index (κ2) is 11.1. The average Bonchev–Trinajstić information content (AvgIpc) is 3.23. The Kier molecular flexibility index (Phi) is 7.73. The first-order valence-electron chi connectivity index (χ1n) is 13.5. The first-order chi connectivity index (χ1) is 19.0. The Hall–Kier alpha value is -3.65. The van der Waals surface area contributed by atoms with E-state index in [1.165, 1.54) is 11.1 Å². The van der Waals surface area contributed by atoms with Gasteiger partial charge in [0.1, 0.15) is 48.4 Å². The topological polar surface area (TPSA) is 83.1 Å². The van der Waals surface area contributed by atoms with Crippen LogP contribution in [0.1, 0.15) is 55.0 Å². The molecule has 40 heavy (non-hydrogen) atoms. The van der Waals surface area contributed by atoms with Gasteiger partial charge in [0.2, 0.25) is 0 Å². The van der Waals surface area contributed by atoms with Crippen LogP contribution in [0.3, 0.4) is 0 Å². The van der Waals surface area contributed by atoms with Crippen molar-refractivity contribution in [1.82, 2.24) is 5.32 Å². The van der Waals surface area contributed by atoms with Crippen molar-refractivity contribution in [2.45, 2.75) is 60.0 Å². The predicted octanol–water partition coefficient (Wildman–Crippen LogP) is 6.76. The van der Waals surface area contributed by atoms with E-state index in [9.17, 15) is 9.59 Å². The van der Waals surface area contributed by atoms with E-state index >= 15 is 0 Å². The molecule has 5 rings (SSSR count). The van der Waals surface area contributed by atoms with Crippen LogP contribution in [0, 0.1) is 20.8 Å². The number of fused-ring (bicyclic) bond motifs is 2. The number of amides is 2. The normalized spacial score (nSPS) is 20.6. The van der Waals surface area contributed by atoms with Crippen molar-refractivity contribution in [3.05, 3.63) is 74.2 Å². The summed E-state index contributed by atoms with van der Waals surface area (Å²) in [6.07, 6.45) is 7.44. The lowest BCUT2D eigenvalue weighted by molar-refractivity contribution is -0.115. The van der Waals surface area contributed by atoms with Crippen LogP contribution >= 0.6 is 11.8 Å². The number of allylic oxidation sites excluding steroid dienone is 1. The number of carbonyl (C=O) groups excluding carboxylic acids is 2. The Morgan fingerprint density at radius 2 is 1.93 bits per heavy atom. The summed E-state index contributed by atoms with van der Waals surface area (Å²) < 4.78 is 24.9. The minimum absolute atomic E-state index is 0.323. The molecule has 2 aromatic rings. The first kappa shape index (κ1) is 27.9. The fourth-order valence-corrected chi connectivity index (χ4v) is 5.76. The van der Waals surface area contributed by atoms with Gasteiger partial charge in [0.25, 0.3) is 11.1 Å². The number of hydrogen-bond donors (Lipinski definition) is 1. The zero-order chi connectivity index (χ0) is 28.6. The number of nitrogens with one attached hydrogen (secondary N) is 1. The highest BCUT2D eigenvalue weighted by molar-refractivity contribution is 8.18. The van der Waals surface area contributed by atoms with Gasteiger partial charge in [0.05, 0.1) is 4.91 Å². The summed E-state index contributed by atoms with van der Waals surface area (Å²) >= 11 is 0.895. The third-order valence-corrected chi connectivity index (χ3v) is 8.31. The third-order valence-electron chi connectivity index (χ3n) is 7.50. The van der Waals surface area contributed by atoms with E-state index < -0.39 is 5.60 Å². The van der Waals surface area contributed by atoms with Crippen LogP contribution in [-0.4, -0.2) is 36.6 Å². The van der Waals surface area contributed by atoms with Gasteiger partial charge >= 0.3 is 0 Å². The summed E-state index contributed by atoms with van der Waals surface area (Å²) in [4.78, 5) is 23.8. The van der Waals surface area contributed by atoms with E-state index in [1.54, 1.807) is 6.08 Å². The monoisotopic (exact) mass is 561 g/mol. The maximum absolute atomic E-state index is 11.9. The summed E-state index contributed by atoms with van der Waals surface area (Å²) in [5.74, 6) is 2.96. The number of rotatable bonds is 7. The van der Waals surface area contributed by atoms with E-state index in [0.29, 0.717) is 30.5 Å². The van der Waals surface area contributed by atoms with Gasteiger partial charge in [0, 0.05) is 11.1 Å². The van der Waals surface area contributed by atoms with E-state index in [0.717, 1.165) is 69.7 Å². The molecule has 1 unspecified atom stereocenters. The molecule has 2 aromatic carbocycles. The van der Waals surface area contributed by atoms with E-state index in [-0.39, 0.29) is 11.1 Å². The van der Waals surface area contributed by atoms with Crippen molar-refractivity contribution in [2.24, 2.45) is 0 Å². The summed E-state index contributed by atoms with van der Waals surface area (Å²) in [6, 6.07) is 5.71. The number of imide groups is 1. The SMILES string of the molecule is CC(C)=CCOc1c(C)c(C)c2c(c1C)CCC(C)(COc1ccc3c(c1)C=C(C=C1SC(=O)NC1=O)CO3)O2. The van der Waals surface area contributed by atoms with Gasteiger partial charge < -0.3 is 18.9 Å². The highest BCUT2D eigenvalue weighted by atomic mass is 32.2. The number of hydrogen-bond acceptors (Lipinski definition) is 7. The fraction of sp³-hybridized carbons (Fsp3) is 0.375. The molecule has 0 bridgehead atoms. The molecule has 0 aliphatic carbocycles. The quantitative estimate of drug-likeness (QED) is 0.295. The molecular formula is C32H35NO6S. The molecule has 7 nitrogen and oxygen atoms in total. The molecule has 2 amide bonds. The van der Waals surface area contributed by atoms with Gasteiger partial charge in [-0.25, -0.2) is 0 Å². The third kappa shape index (κ3) is 5.77. The average molecular weight is 562 g/mol. The number of carbonyl (C=O) groups is 2. The maximum Gasteiger partial charge on any atom is 0.290 e. The van der Waals surface area contributed by atoms with Gasteiger partial charge in [-0.3, -0.25) is 14.9 Å². The minimum atomic E-state index is -0.488. The van der Waals surface area contributed by atoms with Gasteiger partial charge in [-0.2, -0.15) is 0 Å². The Bertz CT molecular complexity index is 1480. The predicted molar refractivity (Wildman–Crippen MR) is 158 cm³/mol. The standard InChI is InChI=1S/C32H35NO6S/c1-18(2)10-12-36-28-19(3)20(4)29-25(21(28)5)9-11-32(6,39-29)17-38-24-7-8-26-23(15-24)13-22(16-37-26)14-27-30(34)33-31(35)40-27/h7-8,10,13-15H,9,11-12,16-17H2,1-6H3,(H,33,34,35). The van der Waals surface area contributed by atoms with Crippen molar-refractivity contribution in [3.8, 4) is 23.0 Å². The fourth-order valence-electron chi connectivity index (χ4n) is 5.06. The van der Waals surface area contributed by atoms with Crippen molar-refractivity contribution < 1.29 is 28.5 Å². The molecule has 1 atom stereocenters. The number of thioether (sulfide) groups is 1. The summed E-state index contributed by atoms with van der Waals surface area (Å²) in [5, 5.41) is 1.91. The lowest BCUT2D eigenvalue weighted by atomic mass is 9.87. The molecule has 1 saturated heterocycles. The van der Waals surface area contributed by atoms with Crippen molar-refractivity contribution in [3.63, 3.8) is 0 Å². The number of ether oxygens (including phenoxy) is 4. The molecule has 0 spiro atoms. The summed E-state index contributed by atoms with van der Waals surface area (Å²) in [5.41, 5.74) is 6.97. The van der Waals surface area contributed by atoms with Gasteiger partial charge in [-0.15, -0.1) is 0 Å². The van der Waals surface area contributed by atoms with Gasteiger partial charge in [-0.05, 0) is 125 Å². The highest BCUT2D eigenvalue weighted by Crippen LogP contribution is 2.44. The van der Waals surface area contributed by atoms with Crippen LogP contribution in [0.4, 0.5) is 4.79 Å². The van der Waals surface area contributed by atoms with Crippen LogP contribution < -0.4 is 24.3 Å². The van der Waals surface area contributed by atoms with Gasteiger partial charge in [0.15, 0.2) is 0 Å². The smallest absolute Gasteiger partial charge is 0.290 e. The molecule has 8 heteroatoms. The van der Waals surface area contributed by atoms with E-state index in [2.05, 4.69) is 52.9 Å². The Morgan fingerprint density at radius 1 is 1.12 bits per heavy atom. The molecule has 0 aromatic heterocycles. The Labute approximate surface area is 239 Å². The van der Waals surface area contributed by atoms with Crippen LogP contribution in [-0.2, 0) is 11.2 Å². The van der Waals surface area contributed by atoms with Crippen LogP contribution in [0.2, 0.25) is 0 Å². The lowest BCUT2D eigenvalue weighted by Gasteiger charge is -2.38. The lowest BCUT2D eigenvalue weighted by Crippen LogP contribution is -2.42. The Balaban J connectivity index is 1.30. The molecule has 210 valence electrons. The molecule has 3 heterocycles. The first-order valence-corrected chi connectivity index (χ1v) is 14.3. The zero-order valence-corrected chi connectivity index (χ0v) is 24.7. The van der Waals surface area contributed by atoms with E-state index in [1.807, 2.05) is 24.3 Å².